The molecule has 1 aromatic rings. The predicted molar refractivity (Wildman–Crippen MR) is 73.0 cm³/mol. The van der Waals surface area contributed by atoms with E-state index in [1.807, 2.05) is 0 Å². The molecule has 8 heteroatoms. The van der Waals surface area contributed by atoms with Gasteiger partial charge in [-0.3, -0.25) is 0 Å². The summed E-state index contributed by atoms with van der Waals surface area (Å²) in [4.78, 5) is -0.573. The Kier molecular flexibility index (Phi) is 5.26. The molecule has 0 radical (unpaired) electrons. The summed E-state index contributed by atoms with van der Waals surface area (Å²) in [5.74, 6) is -1.82. The van der Waals surface area contributed by atoms with Gasteiger partial charge in [0.1, 0.15) is 10.7 Å². The predicted octanol–water partition coefficient (Wildman–Crippen LogP) is 1.13. The molecule has 1 fully saturated rings. The van der Waals surface area contributed by atoms with Crippen LogP contribution in [0.5, 0.6) is 0 Å². The van der Waals surface area contributed by atoms with Crippen LogP contribution in [0.3, 0.4) is 0 Å². The quantitative estimate of drug-likeness (QED) is 0.852. The van der Waals surface area contributed by atoms with Crippen LogP contribution >= 0.6 is 0 Å². The average molecular weight is 320 g/mol. The molecule has 1 aliphatic heterocycles. The Bertz CT molecular complexity index is 602. The number of ether oxygens (including phenoxy) is 1. The summed E-state index contributed by atoms with van der Waals surface area (Å²) in [6, 6.07) is 1.82. The fourth-order valence-electron chi connectivity index (χ4n) is 2.23. The molecular formula is C13H18F2N2O3S. The van der Waals surface area contributed by atoms with E-state index in [-0.39, 0.29) is 12.5 Å². The summed E-state index contributed by atoms with van der Waals surface area (Å²) in [6.45, 7) is 0.991. The molecule has 1 aliphatic rings. The second-order valence-electron chi connectivity index (χ2n) is 4.95. The molecule has 0 amide bonds. The van der Waals surface area contributed by atoms with Gasteiger partial charge in [-0.1, -0.05) is 0 Å². The largest absolute Gasteiger partial charge is 0.381 e. The van der Waals surface area contributed by atoms with Crippen LogP contribution in [0.15, 0.2) is 17.0 Å². The first-order valence-corrected chi connectivity index (χ1v) is 8.18. The lowest BCUT2D eigenvalue weighted by Gasteiger charge is -2.22. The van der Waals surface area contributed by atoms with Crippen LogP contribution < -0.4 is 10.5 Å². The Morgan fingerprint density at radius 1 is 1.29 bits per heavy atom. The van der Waals surface area contributed by atoms with Crippen molar-refractivity contribution in [2.45, 2.75) is 24.3 Å². The lowest BCUT2D eigenvalue weighted by atomic mass is 10.0. The molecule has 0 aliphatic carbocycles. The Hall–Kier alpha value is -1.09. The molecule has 0 unspecified atom stereocenters. The van der Waals surface area contributed by atoms with Crippen LogP contribution in [0.4, 0.5) is 8.78 Å². The Labute approximate surface area is 122 Å². The molecule has 5 nitrogen and oxygen atoms in total. The van der Waals surface area contributed by atoms with Crippen molar-refractivity contribution in [2.24, 2.45) is 11.7 Å². The van der Waals surface area contributed by atoms with Gasteiger partial charge in [0.15, 0.2) is 5.82 Å². The van der Waals surface area contributed by atoms with Crippen molar-refractivity contribution >= 4 is 10.0 Å². The van der Waals surface area contributed by atoms with E-state index in [0.29, 0.717) is 13.2 Å². The van der Waals surface area contributed by atoms with E-state index in [9.17, 15) is 17.2 Å². The van der Waals surface area contributed by atoms with E-state index in [0.717, 1.165) is 25.0 Å². The summed E-state index contributed by atoms with van der Waals surface area (Å²) in [7, 11) is -4.03. The average Bonchev–Trinajstić information content (AvgIpc) is 2.46. The van der Waals surface area contributed by atoms with Gasteiger partial charge in [-0.15, -0.1) is 0 Å². The van der Waals surface area contributed by atoms with E-state index < -0.39 is 38.7 Å². The monoisotopic (exact) mass is 320 g/mol. The molecule has 0 spiro atoms. The molecule has 0 saturated carbocycles. The number of nitrogens with two attached hydrogens (primary N) is 1. The minimum Gasteiger partial charge on any atom is -0.381 e. The zero-order valence-corrected chi connectivity index (χ0v) is 12.3. The number of rotatable bonds is 5. The fourth-order valence-corrected chi connectivity index (χ4v) is 3.44. The van der Waals surface area contributed by atoms with Crippen molar-refractivity contribution in [3.05, 3.63) is 29.3 Å². The van der Waals surface area contributed by atoms with Gasteiger partial charge in [0.05, 0.1) is 0 Å². The van der Waals surface area contributed by atoms with Crippen molar-refractivity contribution in [2.75, 3.05) is 19.8 Å². The number of hydrogen-bond donors (Lipinski definition) is 2. The van der Waals surface area contributed by atoms with Crippen molar-refractivity contribution in [3.8, 4) is 0 Å². The van der Waals surface area contributed by atoms with Crippen molar-refractivity contribution in [1.82, 2.24) is 4.72 Å². The number of halogens is 2. The van der Waals surface area contributed by atoms with Crippen LogP contribution in [-0.4, -0.2) is 28.2 Å². The van der Waals surface area contributed by atoms with E-state index in [2.05, 4.69) is 4.72 Å². The maximum atomic E-state index is 14.0. The molecule has 0 atom stereocenters. The third-order valence-corrected chi connectivity index (χ3v) is 4.99. The van der Waals surface area contributed by atoms with Crippen LogP contribution in [0.2, 0.25) is 0 Å². The summed E-state index contributed by atoms with van der Waals surface area (Å²) in [6.07, 6.45) is 1.50. The smallest absolute Gasteiger partial charge is 0.243 e. The zero-order chi connectivity index (χ0) is 15.5. The van der Waals surface area contributed by atoms with Gasteiger partial charge in [-0.05, 0) is 30.9 Å². The molecule has 2 rings (SSSR count). The van der Waals surface area contributed by atoms with E-state index >= 15 is 0 Å². The molecule has 118 valence electrons. The molecule has 21 heavy (non-hydrogen) atoms. The lowest BCUT2D eigenvalue weighted by Crippen LogP contribution is -2.32. The summed E-state index contributed by atoms with van der Waals surface area (Å²) >= 11 is 0. The van der Waals surface area contributed by atoms with Gasteiger partial charge < -0.3 is 10.5 Å². The summed E-state index contributed by atoms with van der Waals surface area (Å²) in [5, 5.41) is 0. The molecule has 1 heterocycles. The summed E-state index contributed by atoms with van der Waals surface area (Å²) in [5.41, 5.74) is 4.82. The first kappa shape index (κ1) is 16.3. The van der Waals surface area contributed by atoms with Gasteiger partial charge in [0.25, 0.3) is 0 Å². The van der Waals surface area contributed by atoms with Crippen LogP contribution in [0, 0.1) is 17.6 Å². The molecule has 0 bridgehead atoms. The SMILES string of the molecule is NCc1c(F)ccc(S(=O)(=O)NCC2CCOCC2)c1F. The first-order chi connectivity index (χ1) is 9.95. The van der Waals surface area contributed by atoms with Gasteiger partial charge in [-0.2, -0.15) is 0 Å². The molecule has 3 N–H and O–H groups in total. The Morgan fingerprint density at radius 2 is 1.95 bits per heavy atom. The minimum absolute atomic E-state index is 0.158. The highest BCUT2D eigenvalue weighted by atomic mass is 32.2. The Balaban J connectivity index is 2.15. The highest BCUT2D eigenvalue weighted by molar-refractivity contribution is 7.89. The second kappa shape index (κ2) is 6.78. The molecule has 0 aromatic heterocycles. The molecular weight excluding hydrogens is 302 g/mol. The topological polar surface area (TPSA) is 81.4 Å². The van der Waals surface area contributed by atoms with Gasteiger partial charge >= 0.3 is 0 Å². The molecule has 1 aromatic carbocycles. The zero-order valence-electron chi connectivity index (χ0n) is 11.4. The van der Waals surface area contributed by atoms with Crippen molar-refractivity contribution in [3.63, 3.8) is 0 Å². The number of sulfonamides is 1. The van der Waals surface area contributed by atoms with Crippen LogP contribution in [0.1, 0.15) is 18.4 Å². The highest BCUT2D eigenvalue weighted by Gasteiger charge is 2.24. The third-order valence-electron chi connectivity index (χ3n) is 3.55. The van der Waals surface area contributed by atoms with Gasteiger partial charge in [-0.25, -0.2) is 21.9 Å². The van der Waals surface area contributed by atoms with E-state index in [4.69, 9.17) is 10.5 Å². The third kappa shape index (κ3) is 3.76. The lowest BCUT2D eigenvalue weighted by molar-refractivity contribution is 0.0678. The second-order valence-corrected chi connectivity index (χ2v) is 6.69. The van der Waals surface area contributed by atoms with Crippen LogP contribution in [-0.2, 0) is 21.3 Å². The number of benzene rings is 1. The van der Waals surface area contributed by atoms with Crippen molar-refractivity contribution in [1.29, 1.82) is 0 Å². The summed E-state index contributed by atoms with van der Waals surface area (Å²) < 4.78 is 59.2. The maximum Gasteiger partial charge on any atom is 0.243 e. The van der Waals surface area contributed by atoms with Gasteiger partial charge in [0.2, 0.25) is 10.0 Å². The highest BCUT2D eigenvalue weighted by Crippen LogP contribution is 2.21. The maximum absolute atomic E-state index is 14.0. The fraction of sp³-hybridized carbons (Fsp3) is 0.538. The number of hydrogen-bond acceptors (Lipinski definition) is 4. The standard InChI is InChI=1S/C13H18F2N2O3S/c14-11-1-2-12(13(15)10(11)7-16)21(18,19)17-8-9-3-5-20-6-4-9/h1-2,9,17H,3-8,16H2. The van der Waals surface area contributed by atoms with Gasteiger partial charge in [0, 0.05) is 31.9 Å². The van der Waals surface area contributed by atoms with Crippen LogP contribution in [0.25, 0.3) is 0 Å². The number of nitrogens with one attached hydrogen (secondary N) is 1. The minimum atomic E-state index is -4.03. The molecule has 1 saturated heterocycles. The van der Waals surface area contributed by atoms with E-state index in [1.165, 1.54) is 0 Å². The van der Waals surface area contributed by atoms with Crippen molar-refractivity contribution < 1.29 is 21.9 Å². The Morgan fingerprint density at radius 3 is 2.57 bits per heavy atom. The van der Waals surface area contributed by atoms with E-state index in [1.54, 1.807) is 0 Å². The normalized spacial score (nSPS) is 17.1. The first-order valence-electron chi connectivity index (χ1n) is 6.70.